The number of nitrogens with one attached hydrogen (secondary N) is 1. The predicted octanol–water partition coefficient (Wildman–Crippen LogP) is 2.38. The minimum atomic E-state index is -3.62. The molecule has 8 nitrogen and oxygen atoms in total. The Morgan fingerprint density at radius 2 is 1.63 bits per heavy atom. The lowest BCUT2D eigenvalue weighted by Gasteiger charge is -2.39. The highest BCUT2D eigenvalue weighted by atomic mass is 32.2. The minimum absolute atomic E-state index is 0.0856. The zero-order valence-corrected chi connectivity index (χ0v) is 19.7. The standard InChI is InChI=1S/C21H39N3O5S/c1-21(2,3)24(30(4,28)29)15-18(19(25)22-27)17(14-16-10-6-7-11-16)20(26)23-12-8-5-9-13-23/h16-18,27H,5-15H2,1-4H3,(H,22,25)/t17-,18+/m1/s1. The highest BCUT2D eigenvalue weighted by Gasteiger charge is 2.42. The normalized spacial score (nSPS) is 20.9. The van der Waals surface area contributed by atoms with Gasteiger partial charge in [-0.2, -0.15) is 4.31 Å². The van der Waals surface area contributed by atoms with Crippen molar-refractivity contribution in [3.05, 3.63) is 0 Å². The van der Waals surface area contributed by atoms with E-state index in [-0.39, 0.29) is 12.5 Å². The van der Waals surface area contributed by atoms with E-state index in [0.717, 1.165) is 51.2 Å². The second kappa shape index (κ2) is 10.4. The molecule has 174 valence electrons. The molecule has 2 atom stereocenters. The monoisotopic (exact) mass is 445 g/mol. The first-order chi connectivity index (χ1) is 13.9. The number of hydrogen-bond acceptors (Lipinski definition) is 5. The Labute approximate surface area is 181 Å². The first-order valence-corrected chi connectivity index (χ1v) is 13.0. The van der Waals surface area contributed by atoms with Gasteiger partial charge in [-0.1, -0.05) is 25.7 Å². The molecule has 2 amide bonds. The van der Waals surface area contributed by atoms with Crippen LogP contribution in [-0.2, 0) is 19.6 Å². The molecule has 0 radical (unpaired) electrons. The quantitative estimate of drug-likeness (QED) is 0.441. The molecule has 9 heteroatoms. The van der Waals surface area contributed by atoms with Crippen LogP contribution in [0.15, 0.2) is 0 Å². The number of nitrogens with zero attached hydrogens (tertiary/aromatic N) is 2. The Hall–Kier alpha value is -1.19. The molecule has 2 rings (SSSR count). The first-order valence-electron chi connectivity index (χ1n) is 11.2. The van der Waals surface area contributed by atoms with Crippen LogP contribution in [0.25, 0.3) is 0 Å². The number of carbonyl (C=O) groups is 2. The SMILES string of the molecule is CC(C)(C)N(C[C@H](C(=O)NO)[C@@H](CC1CCCC1)C(=O)N1CCCCC1)S(C)(=O)=O. The third kappa shape index (κ3) is 6.65. The topological polar surface area (TPSA) is 107 Å². The van der Waals surface area contributed by atoms with E-state index in [0.29, 0.717) is 25.4 Å². The Balaban J connectivity index is 2.38. The van der Waals surface area contributed by atoms with Crippen molar-refractivity contribution < 1.29 is 23.2 Å². The number of carbonyl (C=O) groups excluding carboxylic acids is 2. The molecule has 0 spiro atoms. The van der Waals surface area contributed by atoms with Gasteiger partial charge < -0.3 is 4.90 Å². The van der Waals surface area contributed by atoms with Crippen LogP contribution in [0.5, 0.6) is 0 Å². The average Bonchev–Trinajstić information content (AvgIpc) is 3.18. The van der Waals surface area contributed by atoms with Gasteiger partial charge in [0.2, 0.25) is 21.8 Å². The van der Waals surface area contributed by atoms with Gasteiger partial charge in [-0.05, 0) is 52.4 Å². The lowest BCUT2D eigenvalue weighted by atomic mass is 9.81. The summed E-state index contributed by atoms with van der Waals surface area (Å²) in [5.41, 5.74) is 0.949. The number of sulfonamides is 1. The van der Waals surface area contributed by atoms with Crippen molar-refractivity contribution in [3.8, 4) is 0 Å². The second-order valence-corrected chi connectivity index (χ2v) is 11.8. The van der Waals surface area contributed by atoms with Crippen LogP contribution >= 0.6 is 0 Å². The summed E-state index contributed by atoms with van der Waals surface area (Å²) in [6.07, 6.45) is 8.90. The maximum Gasteiger partial charge on any atom is 0.248 e. The molecule has 0 aromatic carbocycles. The number of likely N-dealkylation sites (tertiary alicyclic amines) is 1. The van der Waals surface area contributed by atoms with Gasteiger partial charge in [0.1, 0.15) is 0 Å². The van der Waals surface area contributed by atoms with Gasteiger partial charge >= 0.3 is 0 Å². The molecular weight excluding hydrogens is 406 g/mol. The summed E-state index contributed by atoms with van der Waals surface area (Å²) in [6.45, 7) is 6.50. The fourth-order valence-corrected chi connectivity index (χ4v) is 6.38. The molecule has 0 aromatic heterocycles. The van der Waals surface area contributed by atoms with Crippen LogP contribution in [0, 0.1) is 17.8 Å². The van der Waals surface area contributed by atoms with Crippen molar-refractivity contribution in [2.45, 2.75) is 77.7 Å². The molecule has 30 heavy (non-hydrogen) atoms. The Morgan fingerprint density at radius 3 is 2.10 bits per heavy atom. The minimum Gasteiger partial charge on any atom is -0.342 e. The first kappa shape index (κ1) is 25.1. The van der Waals surface area contributed by atoms with Crippen molar-refractivity contribution in [3.63, 3.8) is 0 Å². The zero-order valence-electron chi connectivity index (χ0n) is 18.9. The molecule has 2 aliphatic rings. The van der Waals surface area contributed by atoms with E-state index < -0.39 is 33.3 Å². The van der Waals surface area contributed by atoms with Crippen LogP contribution in [-0.4, -0.2) is 66.1 Å². The Morgan fingerprint density at radius 1 is 1.07 bits per heavy atom. The molecular formula is C21H39N3O5S. The summed E-state index contributed by atoms with van der Waals surface area (Å²) in [4.78, 5) is 28.1. The van der Waals surface area contributed by atoms with Gasteiger partial charge in [0.15, 0.2) is 0 Å². The van der Waals surface area contributed by atoms with E-state index in [4.69, 9.17) is 0 Å². The van der Waals surface area contributed by atoms with Crippen molar-refractivity contribution in [2.75, 3.05) is 25.9 Å². The van der Waals surface area contributed by atoms with Crippen LogP contribution < -0.4 is 5.48 Å². The Kier molecular flexibility index (Phi) is 8.70. The molecule has 0 unspecified atom stereocenters. The highest BCUT2D eigenvalue weighted by Crippen LogP contribution is 2.35. The summed E-state index contributed by atoms with van der Waals surface area (Å²) in [5, 5.41) is 9.43. The van der Waals surface area contributed by atoms with Gasteiger partial charge in [-0.3, -0.25) is 14.8 Å². The molecule has 1 saturated heterocycles. The van der Waals surface area contributed by atoms with Gasteiger partial charge in [0.05, 0.1) is 18.1 Å². The fourth-order valence-electron chi connectivity index (χ4n) is 4.95. The van der Waals surface area contributed by atoms with E-state index in [1.807, 2.05) is 4.90 Å². The van der Waals surface area contributed by atoms with Gasteiger partial charge in [0.25, 0.3) is 0 Å². The lowest BCUT2D eigenvalue weighted by Crippen LogP contribution is -2.53. The predicted molar refractivity (Wildman–Crippen MR) is 115 cm³/mol. The number of rotatable bonds is 8. The summed E-state index contributed by atoms with van der Waals surface area (Å²) in [5.74, 6) is -2.03. The fraction of sp³-hybridized carbons (Fsp3) is 0.905. The molecule has 0 aromatic rings. The van der Waals surface area contributed by atoms with Gasteiger partial charge in [0, 0.05) is 25.2 Å². The van der Waals surface area contributed by atoms with Crippen molar-refractivity contribution in [1.82, 2.24) is 14.7 Å². The molecule has 2 N–H and O–H groups in total. The summed E-state index contributed by atoms with van der Waals surface area (Å²) in [7, 11) is -3.62. The highest BCUT2D eigenvalue weighted by molar-refractivity contribution is 7.88. The maximum absolute atomic E-state index is 13.5. The van der Waals surface area contributed by atoms with Crippen LogP contribution in [0.2, 0.25) is 0 Å². The van der Waals surface area contributed by atoms with E-state index >= 15 is 0 Å². The molecule has 1 heterocycles. The van der Waals surface area contributed by atoms with Crippen LogP contribution in [0.1, 0.15) is 72.1 Å². The summed E-state index contributed by atoms with van der Waals surface area (Å²) < 4.78 is 26.3. The van der Waals surface area contributed by atoms with Gasteiger partial charge in [-0.15, -0.1) is 0 Å². The summed E-state index contributed by atoms with van der Waals surface area (Å²) in [6, 6.07) is 0. The number of amides is 2. The largest absolute Gasteiger partial charge is 0.342 e. The lowest BCUT2D eigenvalue weighted by molar-refractivity contribution is -0.147. The maximum atomic E-state index is 13.5. The number of hydrogen-bond donors (Lipinski definition) is 2. The van der Waals surface area contributed by atoms with E-state index in [1.54, 1.807) is 26.3 Å². The van der Waals surface area contributed by atoms with Crippen LogP contribution in [0.4, 0.5) is 0 Å². The second-order valence-electron chi connectivity index (χ2n) is 9.93. The number of piperidine rings is 1. The zero-order chi connectivity index (χ0) is 22.5. The van der Waals surface area contributed by atoms with Crippen molar-refractivity contribution >= 4 is 21.8 Å². The van der Waals surface area contributed by atoms with Crippen molar-refractivity contribution in [1.29, 1.82) is 0 Å². The third-order valence-corrected chi connectivity index (χ3v) is 7.99. The molecule has 0 bridgehead atoms. The summed E-state index contributed by atoms with van der Waals surface area (Å²) >= 11 is 0. The average molecular weight is 446 g/mol. The number of hydroxylamine groups is 1. The Bertz CT molecular complexity index is 692. The van der Waals surface area contributed by atoms with E-state index in [9.17, 15) is 23.2 Å². The molecule has 2 fully saturated rings. The molecule has 1 aliphatic carbocycles. The van der Waals surface area contributed by atoms with E-state index in [1.165, 1.54) is 4.31 Å². The van der Waals surface area contributed by atoms with Crippen molar-refractivity contribution in [2.24, 2.45) is 17.8 Å². The third-order valence-electron chi connectivity index (χ3n) is 6.49. The van der Waals surface area contributed by atoms with Gasteiger partial charge in [-0.25, -0.2) is 13.9 Å². The smallest absolute Gasteiger partial charge is 0.248 e. The molecule has 1 saturated carbocycles. The van der Waals surface area contributed by atoms with Crippen LogP contribution in [0.3, 0.4) is 0 Å². The molecule has 1 aliphatic heterocycles. The van der Waals surface area contributed by atoms with E-state index in [2.05, 4.69) is 0 Å².